The molecule has 0 atom stereocenters. The Hall–Kier alpha value is -3.42. The molecule has 1 aromatic carbocycles. The van der Waals surface area contributed by atoms with Gasteiger partial charge in [0.15, 0.2) is 5.69 Å². The van der Waals surface area contributed by atoms with Crippen LogP contribution in [-0.4, -0.2) is 31.6 Å². The van der Waals surface area contributed by atoms with Gasteiger partial charge in [0.1, 0.15) is 11.5 Å². The Balaban J connectivity index is 1.80. The Morgan fingerprint density at radius 2 is 1.85 bits per heavy atom. The van der Waals surface area contributed by atoms with E-state index >= 15 is 0 Å². The number of aromatic amines is 1. The lowest BCUT2D eigenvalue weighted by molar-refractivity contribution is 0.0985. The number of anilines is 2. The maximum Gasteiger partial charge on any atom is 0.276 e. The summed E-state index contributed by atoms with van der Waals surface area (Å²) >= 11 is 0. The van der Waals surface area contributed by atoms with Gasteiger partial charge in [-0.15, -0.1) is 0 Å². The van der Waals surface area contributed by atoms with Crippen LogP contribution in [0.15, 0.2) is 30.6 Å². The molecule has 2 heterocycles. The first-order chi connectivity index (χ1) is 12.3. The molecule has 0 bridgehead atoms. The summed E-state index contributed by atoms with van der Waals surface area (Å²) < 4.78 is 1.55. The topological polar surface area (TPSA) is 105 Å². The first kappa shape index (κ1) is 17.4. The van der Waals surface area contributed by atoms with E-state index in [0.29, 0.717) is 11.5 Å². The third-order valence-electron chi connectivity index (χ3n) is 3.96. The smallest absolute Gasteiger partial charge is 0.276 e. The summed E-state index contributed by atoms with van der Waals surface area (Å²) in [5, 5.41) is 9.69. The fraction of sp³-hybridized carbons (Fsp3) is 0.222. The molecule has 26 heavy (non-hydrogen) atoms. The monoisotopic (exact) mass is 352 g/mol. The third kappa shape index (κ3) is 3.49. The maximum atomic E-state index is 12.6. The van der Waals surface area contributed by atoms with Crippen LogP contribution < -0.4 is 10.6 Å². The first-order valence-corrected chi connectivity index (χ1v) is 8.09. The minimum Gasteiger partial charge on any atom is -0.340 e. The van der Waals surface area contributed by atoms with Crippen LogP contribution in [-0.2, 0) is 7.05 Å². The van der Waals surface area contributed by atoms with Crippen molar-refractivity contribution >= 4 is 23.3 Å². The number of hydrogen-bond acceptors (Lipinski definition) is 4. The zero-order valence-electron chi connectivity index (χ0n) is 15.0. The van der Waals surface area contributed by atoms with Gasteiger partial charge < -0.3 is 15.6 Å². The number of carbonyl (C=O) groups excluding carboxylic acids is 2. The summed E-state index contributed by atoms with van der Waals surface area (Å²) in [6.45, 7) is 5.72. The number of aromatic nitrogens is 4. The van der Waals surface area contributed by atoms with Crippen molar-refractivity contribution in [3.8, 4) is 0 Å². The second-order valence-electron chi connectivity index (χ2n) is 6.15. The largest absolute Gasteiger partial charge is 0.340 e. The molecule has 0 saturated carbocycles. The number of H-pyrrole nitrogens is 1. The lowest BCUT2D eigenvalue weighted by Crippen LogP contribution is -2.21. The van der Waals surface area contributed by atoms with Crippen LogP contribution in [0.5, 0.6) is 0 Å². The summed E-state index contributed by atoms with van der Waals surface area (Å²) in [6, 6.07) is 7.45. The lowest BCUT2D eigenvalue weighted by Gasteiger charge is -2.09. The molecule has 0 aliphatic rings. The summed E-state index contributed by atoms with van der Waals surface area (Å²) in [7, 11) is 1.73. The number of hydrogen-bond donors (Lipinski definition) is 3. The van der Waals surface area contributed by atoms with Crippen LogP contribution in [0.2, 0.25) is 0 Å². The number of aryl methyl sites for hydroxylation is 4. The molecule has 3 aromatic rings. The van der Waals surface area contributed by atoms with Crippen molar-refractivity contribution in [2.75, 3.05) is 10.6 Å². The van der Waals surface area contributed by atoms with E-state index in [-0.39, 0.29) is 11.4 Å². The van der Waals surface area contributed by atoms with E-state index in [1.54, 1.807) is 17.8 Å². The van der Waals surface area contributed by atoms with Gasteiger partial charge in [-0.25, -0.2) is 4.98 Å². The summed E-state index contributed by atoms with van der Waals surface area (Å²) in [4.78, 5) is 31.8. The van der Waals surface area contributed by atoms with Crippen LogP contribution in [0.4, 0.5) is 11.5 Å². The quantitative estimate of drug-likeness (QED) is 0.671. The summed E-state index contributed by atoms with van der Waals surface area (Å²) in [5.74, 6) is -0.386. The van der Waals surface area contributed by atoms with E-state index in [4.69, 9.17) is 0 Å². The molecule has 0 radical (unpaired) electrons. The number of carbonyl (C=O) groups is 2. The molecule has 8 heteroatoms. The summed E-state index contributed by atoms with van der Waals surface area (Å²) in [5.41, 5.74) is 3.61. The van der Waals surface area contributed by atoms with Gasteiger partial charge in [-0.1, -0.05) is 17.7 Å². The van der Waals surface area contributed by atoms with E-state index < -0.39 is 11.8 Å². The number of amides is 2. The first-order valence-electron chi connectivity index (χ1n) is 8.09. The molecular weight excluding hydrogens is 332 g/mol. The van der Waals surface area contributed by atoms with E-state index in [9.17, 15) is 9.59 Å². The van der Waals surface area contributed by atoms with Gasteiger partial charge in [-0.3, -0.25) is 14.3 Å². The van der Waals surface area contributed by atoms with Crippen LogP contribution in [0, 0.1) is 20.8 Å². The highest BCUT2D eigenvalue weighted by Crippen LogP contribution is 2.18. The van der Waals surface area contributed by atoms with Gasteiger partial charge >= 0.3 is 0 Å². The Morgan fingerprint density at radius 3 is 2.50 bits per heavy atom. The lowest BCUT2D eigenvalue weighted by atomic mass is 10.1. The maximum absolute atomic E-state index is 12.6. The van der Waals surface area contributed by atoms with Crippen LogP contribution in [0.3, 0.4) is 0 Å². The zero-order chi connectivity index (χ0) is 18.8. The second-order valence-corrected chi connectivity index (χ2v) is 6.15. The molecule has 3 N–H and O–H groups in total. The van der Waals surface area contributed by atoms with Crippen molar-refractivity contribution in [1.82, 2.24) is 19.7 Å². The molecule has 3 rings (SSSR count). The SMILES string of the molecule is Cc1ccc(NC(=O)c2nc[nH]c2C(=O)Nc2cc(C)nn2C)c(C)c1. The van der Waals surface area contributed by atoms with E-state index in [2.05, 4.69) is 25.7 Å². The van der Waals surface area contributed by atoms with Crippen LogP contribution >= 0.6 is 0 Å². The highest BCUT2D eigenvalue weighted by molar-refractivity contribution is 6.13. The average Bonchev–Trinajstić information content (AvgIpc) is 3.17. The standard InChI is InChI=1S/C18H20N6O2/c1-10-5-6-13(11(2)7-10)21-17(25)15-16(20-9-19-15)18(26)22-14-8-12(3)23-24(14)4/h5-9H,1-4H3,(H,19,20)(H,21,25)(H,22,26). The van der Waals surface area contributed by atoms with Gasteiger partial charge in [0.25, 0.3) is 11.8 Å². The number of nitrogens with zero attached hydrogens (tertiary/aromatic N) is 3. The van der Waals surface area contributed by atoms with E-state index in [1.165, 1.54) is 6.33 Å². The highest BCUT2D eigenvalue weighted by atomic mass is 16.2. The van der Waals surface area contributed by atoms with Gasteiger partial charge in [0.05, 0.1) is 12.0 Å². The third-order valence-corrected chi connectivity index (χ3v) is 3.96. The minimum atomic E-state index is -0.462. The fourth-order valence-corrected chi connectivity index (χ4v) is 2.68. The fourth-order valence-electron chi connectivity index (χ4n) is 2.68. The molecule has 2 amide bonds. The molecule has 0 unspecified atom stereocenters. The Morgan fingerprint density at radius 1 is 1.08 bits per heavy atom. The molecule has 0 spiro atoms. The average molecular weight is 352 g/mol. The Labute approximate surface area is 150 Å². The molecular formula is C18H20N6O2. The predicted octanol–water partition coefficient (Wildman–Crippen LogP) is 2.57. The van der Waals surface area contributed by atoms with Crippen LogP contribution in [0.1, 0.15) is 37.8 Å². The number of benzene rings is 1. The van der Waals surface area contributed by atoms with Crippen LogP contribution in [0.25, 0.3) is 0 Å². The van der Waals surface area contributed by atoms with E-state index in [1.807, 2.05) is 39.0 Å². The number of nitrogens with one attached hydrogen (secondary N) is 3. The zero-order valence-corrected chi connectivity index (χ0v) is 15.0. The van der Waals surface area contributed by atoms with Crippen molar-refractivity contribution in [3.63, 3.8) is 0 Å². The molecule has 0 saturated heterocycles. The molecule has 8 nitrogen and oxygen atoms in total. The van der Waals surface area contributed by atoms with Crippen molar-refractivity contribution in [1.29, 1.82) is 0 Å². The van der Waals surface area contributed by atoms with Gasteiger partial charge in [0, 0.05) is 18.8 Å². The number of imidazole rings is 1. The molecule has 0 aliphatic carbocycles. The van der Waals surface area contributed by atoms with E-state index in [0.717, 1.165) is 16.8 Å². The van der Waals surface area contributed by atoms with Crippen molar-refractivity contribution in [2.45, 2.75) is 20.8 Å². The van der Waals surface area contributed by atoms with Crippen molar-refractivity contribution in [2.24, 2.45) is 7.05 Å². The molecule has 0 fully saturated rings. The van der Waals surface area contributed by atoms with Gasteiger partial charge in [-0.2, -0.15) is 5.10 Å². The van der Waals surface area contributed by atoms with Gasteiger partial charge in [0.2, 0.25) is 0 Å². The Bertz CT molecular complexity index is 985. The summed E-state index contributed by atoms with van der Waals surface area (Å²) in [6.07, 6.45) is 1.32. The molecule has 134 valence electrons. The highest BCUT2D eigenvalue weighted by Gasteiger charge is 2.21. The van der Waals surface area contributed by atoms with Gasteiger partial charge in [-0.05, 0) is 32.4 Å². The molecule has 0 aliphatic heterocycles. The molecule has 2 aromatic heterocycles. The normalized spacial score (nSPS) is 10.6. The van der Waals surface area contributed by atoms with Crippen molar-refractivity contribution < 1.29 is 9.59 Å². The number of rotatable bonds is 4. The predicted molar refractivity (Wildman–Crippen MR) is 98.4 cm³/mol. The Kier molecular flexibility index (Phi) is 4.57. The van der Waals surface area contributed by atoms with Crippen molar-refractivity contribution in [3.05, 3.63) is 58.8 Å². The second kappa shape index (κ2) is 6.83. The minimum absolute atomic E-state index is 0.0290.